The molecule has 2 atom stereocenters. The molecule has 2 unspecified atom stereocenters. The minimum Gasteiger partial charge on any atom is -0.384 e. The Morgan fingerprint density at radius 1 is 1.26 bits per heavy atom. The van der Waals surface area contributed by atoms with E-state index in [9.17, 15) is 0 Å². The van der Waals surface area contributed by atoms with Crippen LogP contribution in [0.2, 0.25) is 0 Å². The van der Waals surface area contributed by atoms with Crippen LogP contribution >= 0.6 is 24.0 Å². The van der Waals surface area contributed by atoms with Crippen LogP contribution in [0.1, 0.15) is 33.1 Å². The molecule has 2 saturated heterocycles. The van der Waals surface area contributed by atoms with Gasteiger partial charge < -0.3 is 15.0 Å². The maximum atomic E-state index is 5.29. The van der Waals surface area contributed by atoms with Gasteiger partial charge >= 0.3 is 0 Å². The highest BCUT2D eigenvalue weighted by molar-refractivity contribution is 14.0. The second kappa shape index (κ2) is 10.7. The zero-order valence-electron chi connectivity index (χ0n) is 15.3. The van der Waals surface area contributed by atoms with E-state index in [0.717, 1.165) is 32.2 Å². The molecule has 2 aliphatic heterocycles. The van der Waals surface area contributed by atoms with Gasteiger partial charge in [-0.15, -0.1) is 24.0 Å². The zero-order valence-corrected chi connectivity index (χ0v) is 17.6. The van der Waals surface area contributed by atoms with Crippen LogP contribution in [0.25, 0.3) is 0 Å². The lowest BCUT2D eigenvalue weighted by atomic mass is 10.0. The van der Waals surface area contributed by atoms with Crippen LogP contribution in [0, 0.1) is 11.8 Å². The average molecular weight is 438 g/mol. The molecule has 5 nitrogen and oxygen atoms in total. The molecular weight excluding hydrogens is 403 g/mol. The molecular formula is C17H35IN4O. The van der Waals surface area contributed by atoms with E-state index < -0.39 is 0 Å². The summed E-state index contributed by atoms with van der Waals surface area (Å²) in [5, 5.41) is 3.63. The van der Waals surface area contributed by atoms with Crippen molar-refractivity contribution >= 4 is 29.9 Å². The Morgan fingerprint density at radius 3 is 2.52 bits per heavy atom. The first-order valence-corrected chi connectivity index (χ1v) is 8.84. The predicted molar refractivity (Wildman–Crippen MR) is 108 cm³/mol. The summed E-state index contributed by atoms with van der Waals surface area (Å²) in [6.45, 7) is 11.2. The standard InChI is InChI=1S/C17H34N4O.HI/c1-14(2)16(20-8-5-6-9-20)11-19-17(18-3)21-10-7-15(12-21)13-22-4;/h14-16H,5-13H2,1-4H3,(H,18,19);1H. The van der Waals surface area contributed by atoms with E-state index in [2.05, 4.69) is 34.0 Å². The highest BCUT2D eigenvalue weighted by atomic mass is 127. The summed E-state index contributed by atoms with van der Waals surface area (Å²) < 4.78 is 5.29. The molecule has 0 radical (unpaired) electrons. The Morgan fingerprint density at radius 2 is 1.96 bits per heavy atom. The minimum atomic E-state index is 0. The van der Waals surface area contributed by atoms with Gasteiger partial charge in [0.15, 0.2) is 5.96 Å². The Kier molecular flexibility index (Phi) is 9.77. The maximum Gasteiger partial charge on any atom is 0.193 e. The van der Waals surface area contributed by atoms with E-state index in [1.54, 1.807) is 7.11 Å². The second-order valence-electron chi connectivity index (χ2n) is 7.04. The number of guanidine groups is 1. The molecule has 0 aliphatic carbocycles. The molecule has 0 saturated carbocycles. The minimum absolute atomic E-state index is 0. The zero-order chi connectivity index (χ0) is 15.9. The normalized spacial score (nSPS) is 24.1. The number of methoxy groups -OCH3 is 1. The third-order valence-electron chi connectivity index (χ3n) is 5.05. The fourth-order valence-corrected chi connectivity index (χ4v) is 3.78. The van der Waals surface area contributed by atoms with E-state index in [-0.39, 0.29) is 24.0 Å². The highest BCUT2D eigenvalue weighted by Crippen LogP contribution is 2.18. The van der Waals surface area contributed by atoms with E-state index in [4.69, 9.17) is 4.74 Å². The summed E-state index contributed by atoms with van der Waals surface area (Å²) in [6, 6.07) is 0.608. The van der Waals surface area contributed by atoms with Crippen molar-refractivity contribution in [3.8, 4) is 0 Å². The first-order valence-electron chi connectivity index (χ1n) is 8.84. The van der Waals surface area contributed by atoms with Gasteiger partial charge in [-0.05, 0) is 38.3 Å². The number of hydrogen-bond acceptors (Lipinski definition) is 3. The Hall–Kier alpha value is -0.0800. The van der Waals surface area contributed by atoms with Crippen LogP contribution in [0.5, 0.6) is 0 Å². The van der Waals surface area contributed by atoms with Crippen LogP contribution in [0.3, 0.4) is 0 Å². The molecule has 0 aromatic heterocycles. The summed E-state index contributed by atoms with van der Waals surface area (Å²) in [5.41, 5.74) is 0. The van der Waals surface area contributed by atoms with E-state index >= 15 is 0 Å². The smallest absolute Gasteiger partial charge is 0.193 e. The Balaban J connectivity index is 0.00000264. The number of nitrogens with one attached hydrogen (secondary N) is 1. The van der Waals surface area contributed by atoms with Crippen molar-refractivity contribution in [2.75, 3.05) is 53.5 Å². The molecule has 0 aromatic carbocycles. The lowest BCUT2D eigenvalue weighted by Gasteiger charge is -2.32. The molecule has 2 rings (SSSR count). The van der Waals surface area contributed by atoms with Crippen molar-refractivity contribution in [2.45, 2.75) is 39.2 Å². The molecule has 0 amide bonds. The van der Waals surface area contributed by atoms with Gasteiger partial charge in [-0.3, -0.25) is 9.89 Å². The van der Waals surface area contributed by atoms with Gasteiger partial charge in [0.2, 0.25) is 0 Å². The molecule has 2 aliphatic rings. The van der Waals surface area contributed by atoms with E-state index in [1.807, 2.05) is 7.05 Å². The van der Waals surface area contributed by atoms with Gasteiger partial charge in [0.25, 0.3) is 0 Å². The lowest BCUT2D eigenvalue weighted by Crippen LogP contribution is -2.49. The fraction of sp³-hybridized carbons (Fsp3) is 0.941. The number of rotatable bonds is 6. The molecule has 1 N–H and O–H groups in total. The summed E-state index contributed by atoms with van der Waals surface area (Å²) >= 11 is 0. The SMILES string of the molecule is CN=C(NCC(C(C)C)N1CCCC1)N1CCC(COC)C1.I. The molecule has 0 spiro atoms. The summed E-state index contributed by atoms with van der Waals surface area (Å²) in [6.07, 6.45) is 3.90. The first-order chi connectivity index (χ1) is 10.7. The van der Waals surface area contributed by atoms with Crippen molar-refractivity contribution in [3.05, 3.63) is 0 Å². The third-order valence-corrected chi connectivity index (χ3v) is 5.05. The van der Waals surface area contributed by atoms with Crippen LogP contribution in [-0.2, 0) is 4.74 Å². The number of likely N-dealkylation sites (tertiary alicyclic amines) is 2. The third kappa shape index (κ3) is 6.05. The Labute approximate surface area is 159 Å². The number of aliphatic imine (C=N–C) groups is 1. The molecule has 23 heavy (non-hydrogen) atoms. The van der Waals surface area contributed by atoms with Crippen molar-refractivity contribution in [1.82, 2.24) is 15.1 Å². The average Bonchev–Trinajstić information content (AvgIpc) is 3.15. The topological polar surface area (TPSA) is 40.1 Å². The van der Waals surface area contributed by atoms with Gasteiger partial charge in [0, 0.05) is 45.8 Å². The number of nitrogens with zero attached hydrogens (tertiary/aromatic N) is 3. The Bertz CT molecular complexity index is 359. The summed E-state index contributed by atoms with van der Waals surface area (Å²) in [4.78, 5) is 9.52. The number of ether oxygens (including phenoxy) is 1. The van der Waals surface area contributed by atoms with Gasteiger partial charge in [-0.1, -0.05) is 13.8 Å². The molecule has 0 aromatic rings. The predicted octanol–water partition coefficient (Wildman–Crippen LogP) is 2.27. The summed E-state index contributed by atoms with van der Waals surface area (Å²) in [7, 11) is 3.69. The largest absolute Gasteiger partial charge is 0.384 e. The summed E-state index contributed by atoms with van der Waals surface area (Å²) in [5.74, 6) is 2.37. The highest BCUT2D eigenvalue weighted by Gasteiger charge is 2.27. The lowest BCUT2D eigenvalue weighted by molar-refractivity contribution is 0.157. The van der Waals surface area contributed by atoms with Gasteiger partial charge in [0.05, 0.1) is 6.61 Å². The fourth-order valence-electron chi connectivity index (χ4n) is 3.78. The number of halogens is 1. The van der Waals surface area contributed by atoms with Crippen molar-refractivity contribution in [2.24, 2.45) is 16.8 Å². The molecule has 2 heterocycles. The molecule has 0 bridgehead atoms. The van der Waals surface area contributed by atoms with Crippen molar-refractivity contribution < 1.29 is 4.74 Å². The van der Waals surface area contributed by atoms with E-state index in [0.29, 0.717) is 17.9 Å². The maximum absolute atomic E-state index is 5.29. The second-order valence-corrected chi connectivity index (χ2v) is 7.04. The van der Waals surface area contributed by atoms with Gasteiger partial charge in [-0.25, -0.2) is 0 Å². The van der Waals surface area contributed by atoms with Crippen LogP contribution in [0.4, 0.5) is 0 Å². The quantitative estimate of drug-likeness (QED) is 0.393. The van der Waals surface area contributed by atoms with Gasteiger partial charge in [0.1, 0.15) is 0 Å². The monoisotopic (exact) mass is 438 g/mol. The van der Waals surface area contributed by atoms with Crippen LogP contribution in [0.15, 0.2) is 4.99 Å². The number of hydrogen-bond donors (Lipinski definition) is 1. The van der Waals surface area contributed by atoms with Crippen molar-refractivity contribution in [3.63, 3.8) is 0 Å². The molecule has 136 valence electrons. The van der Waals surface area contributed by atoms with E-state index in [1.165, 1.54) is 32.4 Å². The van der Waals surface area contributed by atoms with Gasteiger partial charge in [-0.2, -0.15) is 0 Å². The molecule has 2 fully saturated rings. The van der Waals surface area contributed by atoms with Crippen LogP contribution < -0.4 is 5.32 Å². The van der Waals surface area contributed by atoms with Crippen LogP contribution in [-0.4, -0.2) is 75.3 Å². The molecule has 6 heteroatoms. The van der Waals surface area contributed by atoms with Crippen molar-refractivity contribution in [1.29, 1.82) is 0 Å². The first kappa shape index (κ1) is 21.0.